The van der Waals surface area contributed by atoms with Crippen molar-refractivity contribution >= 4 is 11.8 Å². The van der Waals surface area contributed by atoms with E-state index in [1.807, 2.05) is 6.07 Å². The summed E-state index contributed by atoms with van der Waals surface area (Å²) in [5, 5.41) is 9.49. The first-order valence-electron chi connectivity index (χ1n) is 5.51. The van der Waals surface area contributed by atoms with E-state index in [-0.39, 0.29) is 37.1 Å². The molecule has 0 heterocycles. The molecule has 0 saturated heterocycles. The zero-order chi connectivity index (χ0) is 13.6. The Morgan fingerprint density at radius 3 is 2.22 bits per heavy atom. The standard InChI is InChI=1S/C12H16F3NOS/c13-12(14,15)18-7-6-11(8-16,9-17)10-4-2-1-3-5-10/h1-5,17H,6-9,16H2. The van der Waals surface area contributed by atoms with Gasteiger partial charge in [-0.1, -0.05) is 42.1 Å². The van der Waals surface area contributed by atoms with Gasteiger partial charge in [-0.15, -0.1) is 0 Å². The molecule has 2 nitrogen and oxygen atoms in total. The van der Waals surface area contributed by atoms with Crippen LogP contribution in [-0.4, -0.2) is 29.5 Å². The molecule has 0 aliphatic carbocycles. The number of aliphatic hydroxyl groups excluding tert-OH is 1. The van der Waals surface area contributed by atoms with Gasteiger partial charge in [0.15, 0.2) is 0 Å². The Morgan fingerprint density at radius 2 is 1.78 bits per heavy atom. The third kappa shape index (κ3) is 4.19. The highest BCUT2D eigenvalue weighted by Crippen LogP contribution is 2.34. The molecule has 0 fully saturated rings. The molecule has 0 saturated carbocycles. The highest BCUT2D eigenvalue weighted by Gasteiger charge is 2.33. The molecule has 1 unspecified atom stereocenters. The zero-order valence-corrected chi connectivity index (χ0v) is 10.6. The number of hydrogen-bond donors (Lipinski definition) is 2. The van der Waals surface area contributed by atoms with Crippen molar-refractivity contribution in [3.8, 4) is 0 Å². The number of aliphatic hydroxyl groups is 1. The highest BCUT2D eigenvalue weighted by molar-refractivity contribution is 8.00. The summed E-state index contributed by atoms with van der Waals surface area (Å²) in [6.45, 7) is -0.141. The van der Waals surface area contributed by atoms with Crippen LogP contribution in [0.5, 0.6) is 0 Å². The van der Waals surface area contributed by atoms with Gasteiger partial charge in [0.2, 0.25) is 0 Å². The summed E-state index contributed by atoms with van der Waals surface area (Å²) >= 11 is -0.0808. The van der Waals surface area contributed by atoms with Crippen molar-refractivity contribution in [2.24, 2.45) is 5.73 Å². The second-order valence-corrected chi connectivity index (χ2v) is 5.21. The fraction of sp³-hybridized carbons (Fsp3) is 0.500. The van der Waals surface area contributed by atoms with Crippen LogP contribution < -0.4 is 5.73 Å². The maximum Gasteiger partial charge on any atom is 0.441 e. The van der Waals surface area contributed by atoms with E-state index in [2.05, 4.69) is 0 Å². The SMILES string of the molecule is NCC(CO)(CCSC(F)(F)F)c1ccccc1. The maximum absolute atomic E-state index is 12.1. The Hall–Kier alpha value is -0.720. The van der Waals surface area contributed by atoms with Crippen LogP contribution >= 0.6 is 11.8 Å². The Kier molecular flexibility index (Phi) is 5.49. The average molecular weight is 279 g/mol. The zero-order valence-electron chi connectivity index (χ0n) is 9.78. The Balaban J connectivity index is 2.76. The largest absolute Gasteiger partial charge is 0.441 e. The summed E-state index contributed by atoms with van der Waals surface area (Å²) in [4.78, 5) is 0. The topological polar surface area (TPSA) is 46.2 Å². The van der Waals surface area contributed by atoms with E-state index in [1.165, 1.54) is 0 Å². The molecule has 0 aliphatic heterocycles. The summed E-state index contributed by atoms with van der Waals surface area (Å²) in [6, 6.07) is 8.94. The third-order valence-corrected chi connectivity index (χ3v) is 3.66. The molecule has 1 rings (SSSR count). The molecule has 0 radical (unpaired) electrons. The normalized spacial score (nSPS) is 15.4. The van der Waals surface area contributed by atoms with E-state index in [0.717, 1.165) is 5.56 Å². The summed E-state index contributed by atoms with van der Waals surface area (Å²) in [6.07, 6.45) is 0.189. The number of hydrogen-bond acceptors (Lipinski definition) is 3. The van der Waals surface area contributed by atoms with Gasteiger partial charge >= 0.3 is 5.51 Å². The van der Waals surface area contributed by atoms with Crippen molar-refractivity contribution in [3.63, 3.8) is 0 Å². The lowest BCUT2D eigenvalue weighted by Gasteiger charge is -2.31. The lowest BCUT2D eigenvalue weighted by Crippen LogP contribution is -2.39. The molecule has 102 valence electrons. The predicted molar refractivity (Wildman–Crippen MR) is 67.4 cm³/mol. The van der Waals surface area contributed by atoms with E-state index in [4.69, 9.17) is 5.73 Å². The fourth-order valence-electron chi connectivity index (χ4n) is 1.75. The second-order valence-electron chi connectivity index (χ2n) is 4.05. The number of thioether (sulfide) groups is 1. The van der Waals surface area contributed by atoms with Crippen LogP contribution in [0.15, 0.2) is 30.3 Å². The van der Waals surface area contributed by atoms with Gasteiger partial charge in [0.25, 0.3) is 0 Å². The predicted octanol–water partition coefficient (Wildman–Crippen LogP) is 2.52. The number of halogens is 3. The first kappa shape index (κ1) is 15.3. The van der Waals surface area contributed by atoms with Gasteiger partial charge in [0, 0.05) is 17.7 Å². The molecule has 0 spiro atoms. The number of alkyl halides is 3. The Labute approximate surface area is 108 Å². The van der Waals surface area contributed by atoms with Gasteiger partial charge in [0.1, 0.15) is 0 Å². The van der Waals surface area contributed by atoms with Gasteiger partial charge in [0.05, 0.1) is 6.61 Å². The molecule has 1 atom stereocenters. The lowest BCUT2D eigenvalue weighted by molar-refractivity contribution is -0.0329. The van der Waals surface area contributed by atoms with Crippen LogP contribution in [0.1, 0.15) is 12.0 Å². The van der Waals surface area contributed by atoms with E-state index >= 15 is 0 Å². The quantitative estimate of drug-likeness (QED) is 0.841. The van der Waals surface area contributed by atoms with Crippen molar-refractivity contribution in [3.05, 3.63) is 35.9 Å². The van der Waals surface area contributed by atoms with Crippen LogP contribution in [0.25, 0.3) is 0 Å². The van der Waals surface area contributed by atoms with Crippen molar-refractivity contribution < 1.29 is 18.3 Å². The smallest absolute Gasteiger partial charge is 0.395 e. The molecule has 6 heteroatoms. The van der Waals surface area contributed by atoms with Gasteiger partial charge in [-0.2, -0.15) is 13.2 Å². The summed E-state index contributed by atoms with van der Waals surface area (Å²) in [5.74, 6) is -0.115. The van der Waals surface area contributed by atoms with Crippen molar-refractivity contribution in [1.29, 1.82) is 0 Å². The van der Waals surface area contributed by atoms with Gasteiger partial charge in [-0.25, -0.2) is 0 Å². The number of nitrogens with two attached hydrogens (primary N) is 1. The summed E-state index contributed by atoms with van der Waals surface area (Å²) in [7, 11) is 0. The van der Waals surface area contributed by atoms with E-state index in [1.54, 1.807) is 24.3 Å². The van der Waals surface area contributed by atoms with Gasteiger partial charge in [-0.3, -0.25) is 0 Å². The fourth-order valence-corrected chi connectivity index (χ4v) is 2.48. The minimum absolute atomic E-state index is 0.0808. The highest BCUT2D eigenvalue weighted by atomic mass is 32.2. The second kappa shape index (κ2) is 6.45. The van der Waals surface area contributed by atoms with Crippen molar-refractivity contribution in [2.45, 2.75) is 17.3 Å². The first-order chi connectivity index (χ1) is 8.43. The third-order valence-electron chi connectivity index (χ3n) is 2.93. The minimum Gasteiger partial charge on any atom is -0.395 e. The molecule has 0 bridgehead atoms. The molecule has 3 N–H and O–H groups in total. The number of benzene rings is 1. The molecule has 0 aromatic heterocycles. The monoisotopic (exact) mass is 279 g/mol. The van der Waals surface area contributed by atoms with Crippen LogP contribution in [0, 0.1) is 0 Å². The molecular weight excluding hydrogens is 263 g/mol. The Morgan fingerprint density at radius 1 is 1.17 bits per heavy atom. The molecule has 18 heavy (non-hydrogen) atoms. The summed E-state index contributed by atoms with van der Waals surface area (Å²) < 4.78 is 36.3. The van der Waals surface area contributed by atoms with Crippen molar-refractivity contribution in [2.75, 3.05) is 18.9 Å². The molecule has 1 aromatic rings. The molecule has 1 aromatic carbocycles. The molecule has 0 amide bonds. The Bertz CT molecular complexity index is 352. The average Bonchev–Trinajstić information content (AvgIpc) is 2.35. The molecule has 0 aliphatic rings. The van der Waals surface area contributed by atoms with Crippen LogP contribution in [0.2, 0.25) is 0 Å². The first-order valence-corrected chi connectivity index (χ1v) is 6.49. The van der Waals surface area contributed by atoms with Gasteiger partial charge in [-0.05, 0) is 12.0 Å². The summed E-state index contributed by atoms with van der Waals surface area (Å²) in [5.41, 5.74) is 1.39. The van der Waals surface area contributed by atoms with Gasteiger partial charge < -0.3 is 10.8 Å². The minimum atomic E-state index is -4.24. The van der Waals surface area contributed by atoms with Crippen LogP contribution in [0.4, 0.5) is 13.2 Å². The van der Waals surface area contributed by atoms with E-state index in [9.17, 15) is 18.3 Å². The number of rotatable bonds is 6. The van der Waals surface area contributed by atoms with Crippen molar-refractivity contribution in [1.82, 2.24) is 0 Å². The maximum atomic E-state index is 12.1. The van der Waals surface area contributed by atoms with E-state index < -0.39 is 10.9 Å². The van der Waals surface area contributed by atoms with Crippen LogP contribution in [0.3, 0.4) is 0 Å². The lowest BCUT2D eigenvalue weighted by atomic mass is 9.79. The van der Waals surface area contributed by atoms with Crippen LogP contribution in [-0.2, 0) is 5.41 Å². The van der Waals surface area contributed by atoms with E-state index in [0.29, 0.717) is 0 Å². The molecular formula is C12H16F3NOS.